The molecule has 0 aliphatic carbocycles. The van der Waals surface area contributed by atoms with E-state index in [0.717, 1.165) is 187 Å². The number of amides is 2. The van der Waals surface area contributed by atoms with E-state index in [1.54, 1.807) is 90.4 Å². The molecule has 2 saturated heterocycles. The van der Waals surface area contributed by atoms with Gasteiger partial charge in [-0.3, -0.25) is 9.78 Å². The van der Waals surface area contributed by atoms with Gasteiger partial charge < -0.3 is 80.3 Å². The summed E-state index contributed by atoms with van der Waals surface area (Å²) >= 11 is 6.15. The van der Waals surface area contributed by atoms with E-state index in [2.05, 4.69) is 143 Å². The van der Waals surface area contributed by atoms with Crippen LogP contribution in [-0.2, 0) is 9.47 Å². The second kappa shape index (κ2) is 46.8. The molecular weight excluding hydrogens is 1890 g/mol. The summed E-state index contributed by atoms with van der Waals surface area (Å²) in [6.45, 7) is 13.4. The van der Waals surface area contributed by atoms with Crippen LogP contribution in [0.2, 0.25) is 5.02 Å². The molecule has 2 aliphatic rings. The lowest BCUT2D eigenvalue weighted by Gasteiger charge is -2.28. The monoisotopic (exact) mass is 2000 g/mol. The standard InChI is InChI=1S/C26H27ClN6O3.C23H24N6O.C23H23N5O2.C20H20N6O.C19H17N5O/c1-26(2,3)36-25(35)29-15-14-28-23(34)17-10-12-20(13-11-17)30-24-31-22-9-5-8-21(33(22)32-24)18-6-4-7-19(27)16-18;1-30-19-11-8-17(9-12-19)20-6-5-7-22-26-23(27-29(20)22)25-18-10-13-21(24-16-18)28-14-3-2-4-15-28;1-29-20-11-5-17(6-12-20)21-3-2-4-22-25-23(26-28(21)22)24-18-7-9-19(10-8-18)27-13-15-30-16-14-27;1-25(2)18-12-9-15(13-21-18)22-20-23-19-6-4-5-17(26(19)24-20)14-7-10-16(27-3)11-8-14;1-13-12-15(10-11-20-13)21-19-22-18-5-3-4-17(24(18)23-19)14-6-8-16(25-2)9-7-14/h4-13,16H,14-15H2,1-3H3,(H,28,34)(H,29,35)(H,30,32);5-13,16H,2-4,14-15H2,1H3,(H,25,27);2-12H,13-16H2,1H3,(H,24,26);4-13H,1-3H3,(H,22,24);3-12H,1-2H3,(H,20,21,23). The van der Waals surface area contributed by atoms with E-state index in [1.807, 2.05) is 293 Å². The summed E-state index contributed by atoms with van der Waals surface area (Å²) < 4.78 is 40.7. The Hall–Kier alpha value is -18.3. The van der Waals surface area contributed by atoms with Gasteiger partial charge >= 0.3 is 6.09 Å². The average molecular weight is 2000 g/mol. The number of hydrogen-bond acceptors (Lipinski definition) is 29. The topological polar surface area (TPSA) is 373 Å². The summed E-state index contributed by atoms with van der Waals surface area (Å²) in [7, 11) is 10.6. The maximum atomic E-state index is 12.4. The largest absolute Gasteiger partial charge is 0.497 e. The highest BCUT2D eigenvalue weighted by molar-refractivity contribution is 6.30. The number of anilines is 13. The molecule has 22 rings (SSSR count). The Morgan fingerprint density at radius 2 is 0.757 bits per heavy atom. The number of nitrogens with one attached hydrogen (secondary N) is 7. The molecule has 2 aliphatic heterocycles. The number of morpholine rings is 1. The highest BCUT2D eigenvalue weighted by Crippen LogP contribution is 2.34. The molecule has 0 spiro atoms. The van der Waals surface area contributed by atoms with Gasteiger partial charge in [0, 0.05) is 126 Å². The Bertz CT molecular complexity index is 7690. The van der Waals surface area contributed by atoms with Crippen molar-refractivity contribution in [3.05, 3.63) is 332 Å². The fourth-order valence-corrected chi connectivity index (χ4v) is 16.6. The number of fused-ring (bicyclic) bond motifs is 5. The lowest BCUT2D eigenvalue weighted by Crippen LogP contribution is -2.37. The zero-order chi connectivity index (χ0) is 102. The molecule has 37 heteroatoms. The van der Waals surface area contributed by atoms with Crippen LogP contribution in [0.4, 0.5) is 80.3 Å². The SMILES string of the molecule is CC(C)(C)OC(=O)NCCNC(=O)c1ccc(Nc2nc3cccc(-c4cccc(Cl)c4)n3n2)cc1.COc1ccc(-c2cccc3nc(Nc4ccc(N(C)C)nc4)nn23)cc1.COc1ccc(-c2cccc3nc(Nc4ccc(N5CCCCC5)nc4)nn23)cc1.COc1ccc(-c2cccc3nc(Nc4ccc(N5CCOCC5)cc4)nn23)cc1.COc1ccc(-c2cccc3nc(Nc4ccnc(C)c4)nn23)cc1. The fourth-order valence-electron chi connectivity index (χ4n) is 16.4. The molecular formula is C111H111ClN28O8. The Morgan fingerprint density at radius 1 is 0.378 bits per heavy atom. The van der Waals surface area contributed by atoms with E-state index in [4.69, 9.17) is 40.0 Å². The predicted molar refractivity (Wildman–Crippen MR) is 580 cm³/mol. The molecule has 7 aromatic carbocycles. The molecule has 2 amide bonds. The highest BCUT2D eigenvalue weighted by atomic mass is 35.5. The van der Waals surface area contributed by atoms with Crippen molar-refractivity contribution >= 4 is 127 Å². The quantitative estimate of drug-likeness (QED) is 0.0248. The van der Waals surface area contributed by atoms with Crippen LogP contribution >= 0.6 is 11.6 Å². The minimum atomic E-state index is -0.569. The number of alkyl carbamates (subject to hydrolysis) is 1. The minimum Gasteiger partial charge on any atom is -0.497 e. The zero-order valence-corrected chi connectivity index (χ0v) is 84.1. The number of pyridine rings is 8. The van der Waals surface area contributed by atoms with Crippen LogP contribution in [0.1, 0.15) is 56.1 Å². The predicted octanol–water partition coefficient (Wildman–Crippen LogP) is 21.0. The summed E-state index contributed by atoms with van der Waals surface area (Å²) in [6, 6.07) is 95.8. The number of piperidine rings is 1. The summed E-state index contributed by atoms with van der Waals surface area (Å²) in [6.07, 6.45) is 8.65. The van der Waals surface area contributed by atoms with Crippen molar-refractivity contribution in [2.75, 3.05) is 136 Å². The number of aryl methyl sites for hydroxylation is 1. The van der Waals surface area contributed by atoms with Crippen molar-refractivity contribution in [2.45, 2.75) is 52.6 Å². The van der Waals surface area contributed by atoms with Gasteiger partial charge in [-0.25, -0.2) is 37.3 Å². The summed E-state index contributed by atoms with van der Waals surface area (Å²) in [5.74, 6) is 7.58. The van der Waals surface area contributed by atoms with Crippen molar-refractivity contribution in [1.29, 1.82) is 0 Å². The molecule has 0 unspecified atom stereocenters. The maximum Gasteiger partial charge on any atom is 0.407 e. The van der Waals surface area contributed by atoms with Gasteiger partial charge in [0.05, 0.1) is 93.9 Å². The van der Waals surface area contributed by atoms with Crippen LogP contribution in [0.3, 0.4) is 0 Å². The second-order valence-electron chi connectivity index (χ2n) is 35.5. The molecule has 15 heterocycles. The maximum absolute atomic E-state index is 12.4. The molecule has 0 bridgehead atoms. The Kier molecular flexibility index (Phi) is 31.6. The smallest absolute Gasteiger partial charge is 0.407 e. The number of hydrogen-bond donors (Lipinski definition) is 7. The molecule has 148 heavy (non-hydrogen) atoms. The third-order valence-corrected chi connectivity index (χ3v) is 24.0. The van der Waals surface area contributed by atoms with Crippen LogP contribution in [-0.4, -0.2) is 201 Å². The van der Waals surface area contributed by atoms with E-state index in [0.29, 0.717) is 46.0 Å². The first-order valence-corrected chi connectivity index (χ1v) is 48.6. The third kappa shape index (κ3) is 25.5. The number of carbonyl (C=O) groups excluding carboxylic acids is 2. The molecule has 0 atom stereocenters. The molecule has 20 aromatic rings. The van der Waals surface area contributed by atoms with Crippen molar-refractivity contribution in [1.82, 2.24) is 98.6 Å². The van der Waals surface area contributed by atoms with Crippen molar-refractivity contribution in [3.63, 3.8) is 0 Å². The number of carbonyl (C=O) groups is 2. The van der Waals surface area contributed by atoms with Crippen molar-refractivity contribution in [3.8, 4) is 79.3 Å². The average Bonchev–Trinajstić information content (AvgIpc) is 1.65. The molecule has 750 valence electrons. The third-order valence-electron chi connectivity index (χ3n) is 23.7. The summed E-state index contributed by atoms with van der Waals surface area (Å²) in [5.41, 5.74) is 20.0. The number of aromatic nitrogens is 18. The number of benzene rings is 7. The van der Waals surface area contributed by atoms with E-state index in [1.165, 1.54) is 24.9 Å². The summed E-state index contributed by atoms with van der Waals surface area (Å²) in [5, 5.41) is 45.3. The minimum absolute atomic E-state index is 0.246. The number of halogens is 1. The van der Waals surface area contributed by atoms with Gasteiger partial charge in [0.25, 0.3) is 5.91 Å². The molecule has 36 nitrogen and oxygen atoms in total. The summed E-state index contributed by atoms with van der Waals surface area (Å²) in [4.78, 5) is 66.8. The molecule has 0 radical (unpaired) electrons. The van der Waals surface area contributed by atoms with Gasteiger partial charge in [-0.15, -0.1) is 25.5 Å². The van der Waals surface area contributed by atoms with Gasteiger partial charge in [-0.2, -0.15) is 24.9 Å². The fraction of sp³-hybridized carbons (Fsp3) is 0.198. The number of nitrogens with zero attached hydrogens (tertiary/aromatic N) is 21. The normalized spacial score (nSPS) is 12.2. The highest BCUT2D eigenvalue weighted by Gasteiger charge is 2.22. The van der Waals surface area contributed by atoms with Crippen LogP contribution in [0, 0.1) is 6.92 Å². The Morgan fingerprint density at radius 3 is 1.14 bits per heavy atom. The first-order chi connectivity index (χ1) is 72.1. The number of ether oxygens (including phenoxy) is 6. The van der Waals surface area contributed by atoms with Gasteiger partial charge in [-0.1, -0.05) is 54.1 Å². The first-order valence-electron chi connectivity index (χ1n) is 48.2. The van der Waals surface area contributed by atoms with Gasteiger partial charge in [0.15, 0.2) is 28.2 Å². The van der Waals surface area contributed by atoms with Crippen LogP contribution < -0.4 is 70.9 Å². The molecule has 0 saturated carbocycles. The van der Waals surface area contributed by atoms with Crippen LogP contribution in [0.25, 0.3) is 84.5 Å². The number of rotatable bonds is 26. The van der Waals surface area contributed by atoms with Gasteiger partial charge in [-0.05, 0) is 302 Å². The van der Waals surface area contributed by atoms with E-state index < -0.39 is 11.7 Å². The second-order valence-corrected chi connectivity index (χ2v) is 35.9. The first kappa shape index (κ1) is 99.8. The van der Waals surface area contributed by atoms with Crippen molar-refractivity contribution in [2.24, 2.45) is 0 Å². The van der Waals surface area contributed by atoms with E-state index >= 15 is 0 Å². The van der Waals surface area contributed by atoms with E-state index in [9.17, 15) is 9.59 Å². The van der Waals surface area contributed by atoms with Crippen LogP contribution in [0.15, 0.2) is 316 Å². The van der Waals surface area contributed by atoms with Gasteiger partial charge in [0.2, 0.25) is 29.7 Å². The Balaban J connectivity index is 0.000000122. The Labute approximate surface area is 859 Å². The molecule has 13 aromatic heterocycles. The zero-order valence-electron chi connectivity index (χ0n) is 83.3. The molecule has 2 fully saturated rings. The van der Waals surface area contributed by atoms with E-state index in [-0.39, 0.29) is 19.0 Å². The van der Waals surface area contributed by atoms with Crippen molar-refractivity contribution < 1.29 is 38.0 Å². The lowest BCUT2D eigenvalue weighted by molar-refractivity contribution is 0.0526. The van der Waals surface area contributed by atoms with Crippen LogP contribution in [0.5, 0.6) is 23.0 Å². The lowest BCUT2D eigenvalue weighted by atomic mass is 10.1. The molecule has 7 N–H and O–H groups in total. The number of methoxy groups -OCH3 is 4. The van der Waals surface area contributed by atoms with Gasteiger partial charge in [0.1, 0.15) is 40.2 Å².